The van der Waals surface area contributed by atoms with Gasteiger partial charge in [0.2, 0.25) is 0 Å². The molecule has 2 heterocycles. The summed E-state index contributed by atoms with van der Waals surface area (Å²) in [4.78, 5) is 12.2. The van der Waals surface area contributed by atoms with Gasteiger partial charge in [0.1, 0.15) is 5.82 Å². The summed E-state index contributed by atoms with van der Waals surface area (Å²) < 4.78 is 1.09. The molecule has 0 aliphatic heterocycles. The predicted octanol–water partition coefficient (Wildman–Crippen LogP) is 4.00. The molecule has 0 spiro atoms. The molecular formula is C14H12BrN3. The maximum Gasteiger partial charge on any atom is 0.178 e. The maximum atomic E-state index is 4.53. The van der Waals surface area contributed by atoms with Crippen molar-refractivity contribution in [1.82, 2.24) is 15.0 Å². The second-order valence-corrected chi connectivity index (χ2v) is 5.23. The molecule has 1 N–H and O–H groups in total. The number of imidazole rings is 1. The average Bonchev–Trinajstić information content (AvgIpc) is 2.75. The van der Waals surface area contributed by atoms with E-state index >= 15 is 0 Å². The topological polar surface area (TPSA) is 41.6 Å². The third-order valence-electron chi connectivity index (χ3n) is 2.93. The number of hydrogen-bond acceptors (Lipinski definition) is 2. The Morgan fingerprint density at radius 3 is 2.67 bits per heavy atom. The summed E-state index contributed by atoms with van der Waals surface area (Å²) in [6.45, 7) is 4.04. The Hall–Kier alpha value is -1.68. The third kappa shape index (κ3) is 1.93. The van der Waals surface area contributed by atoms with Crippen LogP contribution >= 0.6 is 15.9 Å². The van der Waals surface area contributed by atoms with E-state index in [-0.39, 0.29) is 0 Å². The van der Waals surface area contributed by atoms with Crippen molar-refractivity contribution in [2.75, 3.05) is 0 Å². The minimum absolute atomic E-state index is 0.765. The highest BCUT2D eigenvalue weighted by molar-refractivity contribution is 9.10. The van der Waals surface area contributed by atoms with Gasteiger partial charge in [0, 0.05) is 15.7 Å². The molecule has 90 valence electrons. The van der Waals surface area contributed by atoms with E-state index in [0.717, 1.165) is 32.7 Å². The summed E-state index contributed by atoms with van der Waals surface area (Å²) in [7, 11) is 0. The van der Waals surface area contributed by atoms with E-state index in [4.69, 9.17) is 0 Å². The van der Waals surface area contributed by atoms with Crippen LogP contribution in [0.3, 0.4) is 0 Å². The van der Waals surface area contributed by atoms with Crippen LogP contribution in [0.25, 0.3) is 22.6 Å². The summed E-state index contributed by atoms with van der Waals surface area (Å²) in [6, 6.07) is 10.2. The second kappa shape index (κ2) is 4.21. The molecule has 0 aliphatic rings. The van der Waals surface area contributed by atoms with Gasteiger partial charge in [-0.1, -0.05) is 28.1 Å². The zero-order chi connectivity index (χ0) is 12.7. The SMILES string of the molecule is Cc1ccc2[nH]c(-c3ccc(C)c(Br)c3)nc2n1. The van der Waals surface area contributed by atoms with E-state index in [1.54, 1.807) is 0 Å². The number of rotatable bonds is 1. The monoisotopic (exact) mass is 301 g/mol. The number of aryl methyl sites for hydroxylation is 2. The first-order valence-electron chi connectivity index (χ1n) is 5.73. The van der Waals surface area contributed by atoms with Gasteiger partial charge in [0.15, 0.2) is 5.65 Å². The summed E-state index contributed by atoms with van der Waals surface area (Å²) in [6.07, 6.45) is 0. The number of pyridine rings is 1. The smallest absolute Gasteiger partial charge is 0.178 e. The lowest BCUT2D eigenvalue weighted by molar-refractivity contribution is 1.22. The molecular weight excluding hydrogens is 290 g/mol. The number of benzene rings is 1. The summed E-state index contributed by atoms with van der Waals surface area (Å²) in [5.41, 5.74) is 4.98. The molecule has 0 saturated heterocycles. The normalized spacial score (nSPS) is 11.1. The standard InChI is InChI=1S/C14H12BrN3/c1-8-3-5-10(7-11(8)15)13-17-12-6-4-9(2)16-14(12)18-13/h3-7H,1-2H3,(H,16,17,18). The number of aromatic nitrogens is 3. The molecule has 0 bridgehead atoms. The number of nitrogens with one attached hydrogen (secondary N) is 1. The molecule has 0 unspecified atom stereocenters. The summed E-state index contributed by atoms with van der Waals surface area (Å²) in [5.74, 6) is 0.851. The Morgan fingerprint density at radius 2 is 1.89 bits per heavy atom. The van der Waals surface area contributed by atoms with Gasteiger partial charge in [-0.3, -0.25) is 0 Å². The predicted molar refractivity (Wildman–Crippen MR) is 76.5 cm³/mol. The molecule has 1 aromatic carbocycles. The van der Waals surface area contributed by atoms with E-state index in [0.29, 0.717) is 0 Å². The van der Waals surface area contributed by atoms with Crippen molar-refractivity contribution in [3.05, 3.63) is 46.1 Å². The average molecular weight is 302 g/mol. The van der Waals surface area contributed by atoms with Crippen LogP contribution in [0.2, 0.25) is 0 Å². The van der Waals surface area contributed by atoms with E-state index < -0.39 is 0 Å². The Morgan fingerprint density at radius 1 is 1.06 bits per heavy atom. The number of halogens is 1. The molecule has 18 heavy (non-hydrogen) atoms. The highest BCUT2D eigenvalue weighted by atomic mass is 79.9. The Labute approximate surface area is 113 Å². The summed E-state index contributed by atoms with van der Waals surface area (Å²) >= 11 is 3.54. The number of nitrogens with zero attached hydrogens (tertiary/aromatic N) is 2. The molecule has 3 rings (SSSR count). The highest BCUT2D eigenvalue weighted by Crippen LogP contribution is 2.25. The van der Waals surface area contributed by atoms with Gasteiger partial charge in [0.05, 0.1) is 5.52 Å². The second-order valence-electron chi connectivity index (χ2n) is 4.37. The minimum atomic E-state index is 0.765. The van der Waals surface area contributed by atoms with Gasteiger partial charge < -0.3 is 4.98 Å². The molecule has 0 radical (unpaired) electrons. The molecule has 3 nitrogen and oxygen atoms in total. The fourth-order valence-electron chi connectivity index (χ4n) is 1.86. The Bertz CT molecular complexity index is 731. The van der Waals surface area contributed by atoms with E-state index in [1.807, 2.05) is 19.1 Å². The number of hydrogen-bond donors (Lipinski definition) is 1. The van der Waals surface area contributed by atoms with Crippen LogP contribution in [0.15, 0.2) is 34.8 Å². The van der Waals surface area contributed by atoms with Crippen molar-refractivity contribution in [1.29, 1.82) is 0 Å². The van der Waals surface area contributed by atoms with Gasteiger partial charge in [-0.15, -0.1) is 0 Å². The fourth-order valence-corrected chi connectivity index (χ4v) is 2.24. The molecule has 0 amide bonds. The zero-order valence-corrected chi connectivity index (χ0v) is 11.7. The summed E-state index contributed by atoms with van der Waals surface area (Å²) in [5, 5.41) is 0. The van der Waals surface area contributed by atoms with Crippen LogP contribution in [0.4, 0.5) is 0 Å². The third-order valence-corrected chi connectivity index (χ3v) is 3.78. The van der Waals surface area contributed by atoms with Gasteiger partial charge in [-0.05, 0) is 37.6 Å². The van der Waals surface area contributed by atoms with E-state index in [1.165, 1.54) is 5.56 Å². The fraction of sp³-hybridized carbons (Fsp3) is 0.143. The molecule has 0 aliphatic carbocycles. The van der Waals surface area contributed by atoms with Crippen LogP contribution in [0.1, 0.15) is 11.3 Å². The molecule has 2 aromatic heterocycles. The lowest BCUT2D eigenvalue weighted by atomic mass is 10.1. The van der Waals surface area contributed by atoms with E-state index in [9.17, 15) is 0 Å². The van der Waals surface area contributed by atoms with Crippen LogP contribution in [-0.2, 0) is 0 Å². The molecule has 0 fully saturated rings. The lowest BCUT2D eigenvalue weighted by Crippen LogP contribution is -1.83. The highest BCUT2D eigenvalue weighted by Gasteiger charge is 2.07. The van der Waals surface area contributed by atoms with Crippen molar-refractivity contribution in [2.45, 2.75) is 13.8 Å². The van der Waals surface area contributed by atoms with Crippen LogP contribution in [0, 0.1) is 13.8 Å². The first kappa shape index (κ1) is 11.4. The molecule has 0 saturated carbocycles. The first-order chi connectivity index (χ1) is 8.63. The zero-order valence-electron chi connectivity index (χ0n) is 10.2. The van der Waals surface area contributed by atoms with Crippen molar-refractivity contribution in [3.8, 4) is 11.4 Å². The minimum Gasteiger partial charge on any atom is -0.337 e. The van der Waals surface area contributed by atoms with Crippen LogP contribution in [0.5, 0.6) is 0 Å². The first-order valence-corrected chi connectivity index (χ1v) is 6.53. The van der Waals surface area contributed by atoms with Gasteiger partial charge >= 0.3 is 0 Å². The molecule has 4 heteroatoms. The Kier molecular flexibility index (Phi) is 2.67. The quantitative estimate of drug-likeness (QED) is 0.738. The van der Waals surface area contributed by atoms with Crippen molar-refractivity contribution < 1.29 is 0 Å². The van der Waals surface area contributed by atoms with Crippen LogP contribution < -0.4 is 0 Å². The van der Waals surface area contributed by atoms with Gasteiger partial charge in [0.25, 0.3) is 0 Å². The lowest BCUT2D eigenvalue weighted by Gasteiger charge is -2.00. The number of aromatic amines is 1. The van der Waals surface area contributed by atoms with Gasteiger partial charge in [-0.25, -0.2) is 9.97 Å². The van der Waals surface area contributed by atoms with Crippen LogP contribution in [-0.4, -0.2) is 15.0 Å². The van der Waals surface area contributed by atoms with Crippen molar-refractivity contribution in [3.63, 3.8) is 0 Å². The van der Waals surface area contributed by atoms with Gasteiger partial charge in [-0.2, -0.15) is 0 Å². The largest absolute Gasteiger partial charge is 0.337 e. The Balaban J connectivity index is 2.16. The number of H-pyrrole nitrogens is 1. The van der Waals surface area contributed by atoms with Crippen molar-refractivity contribution in [2.24, 2.45) is 0 Å². The van der Waals surface area contributed by atoms with E-state index in [2.05, 4.69) is 56.0 Å². The molecule has 0 atom stereocenters. The van der Waals surface area contributed by atoms with Crippen molar-refractivity contribution >= 4 is 27.1 Å². The number of fused-ring (bicyclic) bond motifs is 1. The molecule has 3 aromatic rings. The maximum absolute atomic E-state index is 4.53.